The van der Waals surface area contributed by atoms with Gasteiger partial charge >= 0.3 is 5.97 Å². The predicted octanol–water partition coefficient (Wildman–Crippen LogP) is 3.06. The molecule has 150 valence electrons. The Balaban J connectivity index is 1.94. The third kappa shape index (κ3) is 4.24. The minimum Gasteiger partial charge on any atom is -0.461 e. The van der Waals surface area contributed by atoms with Gasteiger partial charge in [-0.25, -0.2) is 9.18 Å². The molecule has 3 rings (SSSR count). The molecule has 1 aliphatic rings. The molecule has 1 heterocycles. The van der Waals surface area contributed by atoms with Gasteiger partial charge in [0.2, 0.25) is 0 Å². The second-order valence-electron chi connectivity index (χ2n) is 7.33. The van der Waals surface area contributed by atoms with Crippen LogP contribution in [0.4, 0.5) is 4.39 Å². The van der Waals surface area contributed by atoms with E-state index in [2.05, 4.69) is 4.90 Å². The van der Waals surface area contributed by atoms with E-state index in [4.69, 9.17) is 15.2 Å². The normalized spacial score (nSPS) is 18.3. The first kappa shape index (κ1) is 20.5. The highest BCUT2D eigenvalue weighted by Gasteiger charge is 2.41. The van der Waals surface area contributed by atoms with E-state index in [9.17, 15) is 9.18 Å². The molecule has 28 heavy (non-hydrogen) atoms. The average Bonchev–Trinajstić information content (AvgIpc) is 3.05. The fourth-order valence-electron chi connectivity index (χ4n) is 3.70. The molecule has 0 amide bonds. The van der Waals surface area contributed by atoms with Gasteiger partial charge in [-0.1, -0.05) is 18.2 Å². The minimum absolute atomic E-state index is 0.191. The Labute approximate surface area is 165 Å². The van der Waals surface area contributed by atoms with E-state index in [0.29, 0.717) is 18.7 Å². The van der Waals surface area contributed by atoms with Crippen molar-refractivity contribution in [2.75, 3.05) is 33.8 Å². The number of fused-ring (bicyclic) bond motifs is 1. The first-order chi connectivity index (χ1) is 13.5. The zero-order valence-corrected chi connectivity index (χ0v) is 16.4. The molecule has 2 N–H and O–H groups in total. The molecule has 0 bridgehead atoms. The number of halogens is 1. The molecule has 1 unspecified atom stereocenters. The third-order valence-corrected chi connectivity index (χ3v) is 5.05. The van der Waals surface area contributed by atoms with Crippen LogP contribution in [0.5, 0.6) is 0 Å². The molecule has 0 fully saturated rings. The van der Waals surface area contributed by atoms with Gasteiger partial charge < -0.3 is 20.1 Å². The quantitative estimate of drug-likeness (QED) is 0.707. The lowest BCUT2D eigenvalue weighted by Gasteiger charge is -2.31. The van der Waals surface area contributed by atoms with Gasteiger partial charge in [-0.05, 0) is 74.4 Å². The van der Waals surface area contributed by atoms with Gasteiger partial charge in [0.05, 0.1) is 12.2 Å². The maximum atomic E-state index is 13.5. The van der Waals surface area contributed by atoms with Crippen LogP contribution in [0.3, 0.4) is 0 Å². The zero-order chi connectivity index (χ0) is 20.1. The van der Waals surface area contributed by atoms with Gasteiger partial charge in [-0.15, -0.1) is 0 Å². The van der Waals surface area contributed by atoms with Gasteiger partial charge in [0.1, 0.15) is 18.0 Å². The minimum atomic E-state index is -0.640. The van der Waals surface area contributed by atoms with Crippen molar-refractivity contribution in [3.8, 4) is 0 Å². The van der Waals surface area contributed by atoms with Gasteiger partial charge in [0, 0.05) is 6.54 Å². The van der Waals surface area contributed by atoms with Crippen LogP contribution in [0.1, 0.15) is 39.9 Å². The first-order valence-electron chi connectivity index (χ1n) is 9.51. The van der Waals surface area contributed by atoms with Crippen LogP contribution in [-0.2, 0) is 21.7 Å². The molecular weight excluding hydrogens is 359 g/mol. The molecule has 5 nitrogen and oxygen atoms in total. The van der Waals surface area contributed by atoms with Gasteiger partial charge in [0.15, 0.2) is 0 Å². The Morgan fingerprint density at radius 2 is 2.00 bits per heavy atom. The highest BCUT2D eigenvalue weighted by atomic mass is 19.1. The number of hydrogen-bond acceptors (Lipinski definition) is 5. The van der Waals surface area contributed by atoms with E-state index >= 15 is 0 Å². The summed E-state index contributed by atoms with van der Waals surface area (Å²) in [7, 11) is 4.07. The Bertz CT molecular complexity index is 823. The highest BCUT2D eigenvalue weighted by molar-refractivity contribution is 5.89. The summed E-state index contributed by atoms with van der Waals surface area (Å²) in [6.07, 6.45) is 1.69. The molecule has 0 spiro atoms. The number of carbonyl (C=O) groups excluding carboxylic acids is 1. The monoisotopic (exact) mass is 386 g/mol. The molecule has 0 radical (unpaired) electrons. The van der Waals surface area contributed by atoms with Crippen molar-refractivity contribution in [1.82, 2.24) is 4.90 Å². The topological polar surface area (TPSA) is 64.8 Å². The zero-order valence-electron chi connectivity index (χ0n) is 16.4. The van der Waals surface area contributed by atoms with Crippen molar-refractivity contribution in [2.45, 2.75) is 25.0 Å². The lowest BCUT2D eigenvalue weighted by atomic mass is 9.81. The highest BCUT2D eigenvalue weighted by Crippen LogP contribution is 2.45. The van der Waals surface area contributed by atoms with E-state index in [1.165, 1.54) is 12.1 Å². The summed E-state index contributed by atoms with van der Waals surface area (Å²) in [5.41, 5.74) is 8.14. The van der Waals surface area contributed by atoms with Crippen LogP contribution in [0.25, 0.3) is 0 Å². The summed E-state index contributed by atoms with van der Waals surface area (Å²) in [4.78, 5) is 14.3. The molecule has 2 aromatic rings. The third-order valence-electron chi connectivity index (χ3n) is 5.05. The predicted molar refractivity (Wildman–Crippen MR) is 106 cm³/mol. The van der Waals surface area contributed by atoms with Gasteiger partial charge in [-0.3, -0.25) is 0 Å². The summed E-state index contributed by atoms with van der Waals surface area (Å²) >= 11 is 0. The molecule has 0 saturated carbocycles. The number of carbonyl (C=O) groups is 1. The van der Waals surface area contributed by atoms with Gasteiger partial charge in [0.25, 0.3) is 0 Å². The van der Waals surface area contributed by atoms with E-state index in [1.807, 2.05) is 26.2 Å². The maximum Gasteiger partial charge on any atom is 0.338 e. The van der Waals surface area contributed by atoms with Crippen LogP contribution in [-0.4, -0.2) is 44.7 Å². The Hall–Kier alpha value is -2.28. The first-order valence-corrected chi connectivity index (χ1v) is 9.51. The fourth-order valence-corrected chi connectivity index (χ4v) is 3.70. The Kier molecular flexibility index (Phi) is 6.44. The van der Waals surface area contributed by atoms with Gasteiger partial charge in [-0.2, -0.15) is 0 Å². The van der Waals surface area contributed by atoms with Crippen LogP contribution in [0.2, 0.25) is 0 Å². The summed E-state index contributed by atoms with van der Waals surface area (Å²) < 4.78 is 24.9. The summed E-state index contributed by atoms with van der Waals surface area (Å²) in [6, 6.07) is 12.0. The van der Waals surface area contributed by atoms with Crippen LogP contribution in [0, 0.1) is 5.82 Å². The van der Waals surface area contributed by atoms with Crippen molar-refractivity contribution in [1.29, 1.82) is 0 Å². The number of esters is 1. The van der Waals surface area contributed by atoms with Crippen LogP contribution in [0.15, 0.2) is 42.5 Å². The van der Waals surface area contributed by atoms with Crippen molar-refractivity contribution in [2.24, 2.45) is 5.73 Å². The Morgan fingerprint density at radius 3 is 2.68 bits per heavy atom. The van der Waals surface area contributed by atoms with E-state index < -0.39 is 5.60 Å². The van der Waals surface area contributed by atoms with Crippen molar-refractivity contribution in [3.63, 3.8) is 0 Å². The van der Waals surface area contributed by atoms with Crippen molar-refractivity contribution < 1.29 is 18.7 Å². The maximum absolute atomic E-state index is 13.5. The summed E-state index contributed by atoms with van der Waals surface area (Å²) in [6.45, 7) is 1.80. The van der Waals surface area contributed by atoms with E-state index in [-0.39, 0.29) is 18.4 Å². The number of benzene rings is 2. The summed E-state index contributed by atoms with van der Waals surface area (Å²) in [5, 5.41) is 0. The smallest absolute Gasteiger partial charge is 0.338 e. The molecule has 0 saturated heterocycles. The lowest BCUT2D eigenvalue weighted by molar-refractivity contribution is -0.0140. The summed E-state index contributed by atoms with van der Waals surface area (Å²) in [5.74, 6) is -0.663. The van der Waals surface area contributed by atoms with Crippen LogP contribution < -0.4 is 5.73 Å². The van der Waals surface area contributed by atoms with Crippen molar-refractivity contribution in [3.05, 3.63) is 70.5 Å². The second-order valence-corrected chi connectivity index (χ2v) is 7.33. The number of nitrogens with zero attached hydrogens (tertiary/aromatic N) is 1. The van der Waals surface area contributed by atoms with Crippen molar-refractivity contribution >= 4 is 5.97 Å². The molecule has 0 aromatic heterocycles. The number of nitrogens with two attached hydrogens (primary N) is 1. The molecule has 6 heteroatoms. The van der Waals surface area contributed by atoms with E-state index in [0.717, 1.165) is 36.1 Å². The molecule has 2 aromatic carbocycles. The number of ether oxygens (including phenoxy) is 2. The number of rotatable bonds is 8. The van der Waals surface area contributed by atoms with E-state index in [1.54, 1.807) is 18.2 Å². The average molecular weight is 386 g/mol. The number of hydrogen-bond donors (Lipinski definition) is 1. The largest absolute Gasteiger partial charge is 0.461 e. The SMILES string of the molecule is CN(C)CCCC1(c2ccc(F)cc2)OCc2cc(C(=O)OCCN)ccc21. The Morgan fingerprint density at radius 1 is 1.25 bits per heavy atom. The molecule has 0 aliphatic carbocycles. The lowest BCUT2D eigenvalue weighted by Crippen LogP contribution is -2.28. The second kappa shape index (κ2) is 8.82. The standard InChI is InChI=1S/C22H27FN2O3/c1-25(2)12-3-10-22(18-5-7-19(23)8-6-18)20-9-4-16(14-17(20)15-28-22)21(26)27-13-11-24/h4-9,14H,3,10-13,15,24H2,1-2H3. The fraction of sp³-hybridized carbons (Fsp3) is 0.409. The molecular formula is C22H27FN2O3. The van der Waals surface area contributed by atoms with Crippen LogP contribution >= 0.6 is 0 Å². The molecule has 1 atom stereocenters. The molecule has 1 aliphatic heterocycles.